The van der Waals surface area contributed by atoms with Crippen molar-refractivity contribution in [3.8, 4) is 0 Å². The minimum Gasteiger partial charge on any atom is -0.362 e. The summed E-state index contributed by atoms with van der Waals surface area (Å²) in [4.78, 5) is 26.4. The molecule has 1 N–H and O–H groups in total. The van der Waals surface area contributed by atoms with Gasteiger partial charge in [-0.05, 0) is 30.5 Å². The molecule has 1 aliphatic rings. The highest BCUT2D eigenvalue weighted by Crippen LogP contribution is 2.36. The number of halogens is 3. The first kappa shape index (κ1) is 21.6. The van der Waals surface area contributed by atoms with Gasteiger partial charge in [-0.1, -0.05) is 13.8 Å². The number of alkyl halides is 3. The van der Waals surface area contributed by atoms with Crippen LogP contribution in [0.5, 0.6) is 0 Å². The highest BCUT2D eigenvalue weighted by molar-refractivity contribution is 5.92. The topological polar surface area (TPSA) is 95.4 Å². The molecule has 30 heavy (non-hydrogen) atoms. The molecule has 0 aliphatic carbocycles. The van der Waals surface area contributed by atoms with E-state index in [0.29, 0.717) is 17.7 Å². The highest BCUT2D eigenvalue weighted by atomic mass is 19.4. The Bertz CT molecular complexity index is 934. The first-order chi connectivity index (χ1) is 14.1. The fraction of sp³-hybridized carbons (Fsp3) is 0.474. The molecular formula is C19H22F3N5O3. The number of benzene rings is 1. The lowest BCUT2D eigenvalue weighted by molar-refractivity contribution is -0.384. The summed E-state index contributed by atoms with van der Waals surface area (Å²) >= 11 is 0. The molecule has 1 aromatic heterocycles. The van der Waals surface area contributed by atoms with Gasteiger partial charge in [0.05, 0.1) is 10.5 Å². The maximum atomic E-state index is 12.9. The first-order valence-corrected chi connectivity index (χ1v) is 9.50. The van der Waals surface area contributed by atoms with Gasteiger partial charge in [-0.2, -0.15) is 18.3 Å². The average molecular weight is 425 g/mol. The summed E-state index contributed by atoms with van der Waals surface area (Å²) in [5.74, 6) is 0.166. The number of nitrogens with zero attached hydrogens (tertiary/aromatic N) is 4. The molecule has 8 nitrogen and oxygen atoms in total. The summed E-state index contributed by atoms with van der Waals surface area (Å²) < 4.78 is 38.7. The van der Waals surface area contributed by atoms with Gasteiger partial charge < -0.3 is 9.80 Å². The van der Waals surface area contributed by atoms with Crippen LogP contribution in [0.4, 0.5) is 24.5 Å². The molecule has 0 spiro atoms. The molecule has 1 aromatic carbocycles. The standard InChI is InChI=1S/C19H22F3N5O3/c1-12(2)9-14-11-15(24-23-14)18(28)26-7-5-25(6-8-26)16-4-3-13(19(20,21)22)10-17(16)27(29)30/h3-4,10-12H,5-9H2,1-2H3,(H,23,24). The van der Waals surface area contributed by atoms with Crippen molar-refractivity contribution in [1.29, 1.82) is 0 Å². The van der Waals surface area contributed by atoms with E-state index in [9.17, 15) is 28.1 Å². The Balaban J connectivity index is 1.70. The second-order valence-corrected chi connectivity index (χ2v) is 7.61. The third-order valence-corrected chi connectivity index (χ3v) is 4.89. The molecule has 2 aromatic rings. The molecule has 1 aliphatic heterocycles. The van der Waals surface area contributed by atoms with E-state index in [4.69, 9.17) is 0 Å². The van der Waals surface area contributed by atoms with Crippen molar-refractivity contribution in [1.82, 2.24) is 15.1 Å². The van der Waals surface area contributed by atoms with E-state index in [1.807, 2.05) is 0 Å². The summed E-state index contributed by atoms with van der Waals surface area (Å²) in [7, 11) is 0. The van der Waals surface area contributed by atoms with Crippen LogP contribution in [0.15, 0.2) is 24.3 Å². The fourth-order valence-corrected chi connectivity index (χ4v) is 3.44. The molecule has 162 valence electrons. The predicted molar refractivity (Wildman–Crippen MR) is 103 cm³/mol. The number of rotatable bonds is 5. The third kappa shape index (κ3) is 4.71. The molecule has 2 heterocycles. The van der Waals surface area contributed by atoms with Crippen LogP contribution in [0, 0.1) is 16.0 Å². The van der Waals surface area contributed by atoms with E-state index in [2.05, 4.69) is 24.0 Å². The molecule has 11 heteroatoms. The zero-order chi connectivity index (χ0) is 22.1. The minimum atomic E-state index is -4.66. The minimum absolute atomic E-state index is 0.110. The van der Waals surface area contributed by atoms with E-state index >= 15 is 0 Å². The fourth-order valence-electron chi connectivity index (χ4n) is 3.44. The second kappa shape index (κ2) is 8.33. The first-order valence-electron chi connectivity index (χ1n) is 9.50. The summed E-state index contributed by atoms with van der Waals surface area (Å²) in [6, 6.07) is 4.21. The molecule has 0 unspecified atom stereocenters. The van der Waals surface area contributed by atoms with Crippen molar-refractivity contribution in [2.45, 2.75) is 26.4 Å². The number of carbonyl (C=O) groups excluding carboxylic acids is 1. The zero-order valence-corrected chi connectivity index (χ0v) is 16.6. The van der Waals surface area contributed by atoms with Gasteiger partial charge in [0, 0.05) is 37.9 Å². The number of hydrogen-bond acceptors (Lipinski definition) is 5. The van der Waals surface area contributed by atoms with Crippen LogP contribution >= 0.6 is 0 Å². The molecule has 0 saturated carbocycles. The van der Waals surface area contributed by atoms with Crippen LogP contribution < -0.4 is 4.90 Å². The Morgan fingerprint density at radius 2 is 1.90 bits per heavy atom. The molecule has 0 bridgehead atoms. The van der Waals surface area contributed by atoms with Gasteiger partial charge in [-0.25, -0.2) is 0 Å². The van der Waals surface area contributed by atoms with Crippen LogP contribution in [0.25, 0.3) is 0 Å². The van der Waals surface area contributed by atoms with Crippen LogP contribution in [-0.2, 0) is 12.6 Å². The highest BCUT2D eigenvalue weighted by Gasteiger charge is 2.34. The number of nitrogens with one attached hydrogen (secondary N) is 1. The number of nitro groups is 1. The molecule has 1 saturated heterocycles. The number of piperazine rings is 1. The van der Waals surface area contributed by atoms with Gasteiger partial charge in [0.1, 0.15) is 11.4 Å². The van der Waals surface area contributed by atoms with E-state index in [1.54, 1.807) is 15.9 Å². The van der Waals surface area contributed by atoms with E-state index in [-0.39, 0.29) is 37.8 Å². The van der Waals surface area contributed by atoms with Gasteiger partial charge in [-0.3, -0.25) is 20.0 Å². The summed E-state index contributed by atoms with van der Waals surface area (Å²) in [6.45, 7) is 5.21. The lowest BCUT2D eigenvalue weighted by atomic mass is 10.1. The van der Waals surface area contributed by atoms with Gasteiger partial charge in [0.15, 0.2) is 0 Å². The Morgan fingerprint density at radius 1 is 1.23 bits per heavy atom. The van der Waals surface area contributed by atoms with Crippen molar-refractivity contribution in [3.63, 3.8) is 0 Å². The number of amides is 1. The Morgan fingerprint density at radius 3 is 2.47 bits per heavy atom. The maximum absolute atomic E-state index is 12.9. The Kier molecular flexibility index (Phi) is 5.99. The largest absolute Gasteiger partial charge is 0.416 e. The molecular weight excluding hydrogens is 403 g/mol. The van der Waals surface area contributed by atoms with Gasteiger partial charge in [-0.15, -0.1) is 0 Å². The van der Waals surface area contributed by atoms with Crippen LogP contribution in [-0.4, -0.2) is 52.1 Å². The van der Waals surface area contributed by atoms with Crippen molar-refractivity contribution >= 4 is 17.3 Å². The zero-order valence-electron chi connectivity index (χ0n) is 16.6. The van der Waals surface area contributed by atoms with Crippen molar-refractivity contribution in [2.24, 2.45) is 5.92 Å². The normalized spacial score (nSPS) is 15.0. The van der Waals surface area contributed by atoms with Crippen LogP contribution in [0.1, 0.15) is 35.6 Å². The van der Waals surface area contributed by atoms with Gasteiger partial charge in [0.25, 0.3) is 11.6 Å². The van der Waals surface area contributed by atoms with Crippen molar-refractivity contribution < 1.29 is 22.9 Å². The SMILES string of the molecule is CC(C)Cc1cc(C(=O)N2CCN(c3ccc(C(F)(F)F)cc3[N+](=O)[O-])CC2)n[nH]1. The van der Waals surface area contributed by atoms with Crippen molar-refractivity contribution in [3.05, 3.63) is 51.3 Å². The second-order valence-electron chi connectivity index (χ2n) is 7.61. The number of H-pyrrole nitrogens is 1. The number of aromatic nitrogens is 2. The number of aromatic amines is 1. The van der Waals surface area contributed by atoms with E-state index in [0.717, 1.165) is 24.2 Å². The Hall–Kier alpha value is -3.11. The summed E-state index contributed by atoms with van der Waals surface area (Å²) in [5, 5.41) is 18.2. The van der Waals surface area contributed by atoms with Crippen LogP contribution in [0.3, 0.4) is 0 Å². The predicted octanol–water partition coefficient (Wildman–Crippen LogP) is 3.50. The van der Waals surface area contributed by atoms with Crippen LogP contribution in [0.2, 0.25) is 0 Å². The van der Waals surface area contributed by atoms with Gasteiger partial charge in [0.2, 0.25) is 0 Å². The smallest absolute Gasteiger partial charge is 0.362 e. The number of anilines is 1. The summed E-state index contributed by atoms with van der Waals surface area (Å²) in [6.07, 6.45) is -3.89. The average Bonchev–Trinajstić information content (AvgIpc) is 3.14. The van der Waals surface area contributed by atoms with Crippen molar-refractivity contribution in [2.75, 3.05) is 31.1 Å². The molecule has 3 rings (SSSR count). The van der Waals surface area contributed by atoms with E-state index < -0.39 is 22.4 Å². The lowest BCUT2D eigenvalue weighted by Crippen LogP contribution is -2.49. The molecule has 1 amide bonds. The van der Waals surface area contributed by atoms with E-state index in [1.165, 1.54) is 0 Å². The monoisotopic (exact) mass is 425 g/mol. The third-order valence-electron chi connectivity index (χ3n) is 4.89. The molecule has 0 radical (unpaired) electrons. The maximum Gasteiger partial charge on any atom is 0.416 e. The molecule has 0 atom stereocenters. The number of hydrogen-bond donors (Lipinski definition) is 1. The van der Waals surface area contributed by atoms with Gasteiger partial charge >= 0.3 is 6.18 Å². The number of nitro benzene ring substituents is 1. The summed E-state index contributed by atoms with van der Waals surface area (Å²) in [5.41, 5.74) is -0.385. The number of carbonyl (C=O) groups is 1. The molecule has 1 fully saturated rings. The Labute approximate surface area is 170 Å². The quantitative estimate of drug-likeness (QED) is 0.584. The lowest BCUT2D eigenvalue weighted by Gasteiger charge is -2.35.